The van der Waals surface area contributed by atoms with E-state index in [0.717, 1.165) is 27.8 Å². The number of nitrogens with one attached hydrogen (secondary N) is 1. The van der Waals surface area contributed by atoms with Gasteiger partial charge in [-0.05, 0) is 35.9 Å². The first-order valence-corrected chi connectivity index (χ1v) is 10.6. The maximum atomic E-state index is 13.4. The van der Waals surface area contributed by atoms with Crippen molar-refractivity contribution in [1.82, 2.24) is 4.90 Å². The van der Waals surface area contributed by atoms with Crippen molar-refractivity contribution in [2.75, 3.05) is 45.4 Å². The molecule has 1 unspecified atom stereocenters. The number of nitrogens with zero attached hydrogens (tertiary/aromatic N) is 1. The van der Waals surface area contributed by atoms with Gasteiger partial charge in [0.25, 0.3) is 5.91 Å². The predicted molar refractivity (Wildman–Crippen MR) is 122 cm³/mol. The first-order valence-electron chi connectivity index (χ1n) is 10.6. The molecule has 6 nitrogen and oxygen atoms in total. The number of para-hydroxylation sites is 1. The monoisotopic (exact) mass is 420 g/mol. The van der Waals surface area contributed by atoms with Gasteiger partial charge in [0.15, 0.2) is 0 Å². The van der Waals surface area contributed by atoms with Gasteiger partial charge < -0.3 is 24.4 Å². The molecule has 1 atom stereocenters. The molecule has 1 amide bonds. The van der Waals surface area contributed by atoms with Gasteiger partial charge >= 0.3 is 0 Å². The van der Waals surface area contributed by atoms with E-state index in [0.29, 0.717) is 38.5 Å². The van der Waals surface area contributed by atoms with Crippen molar-refractivity contribution in [2.24, 2.45) is 0 Å². The van der Waals surface area contributed by atoms with Crippen molar-refractivity contribution < 1.29 is 19.0 Å². The van der Waals surface area contributed by atoms with Crippen LogP contribution in [0.2, 0.25) is 0 Å². The summed E-state index contributed by atoms with van der Waals surface area (Å²) in [6.07, 6.45) is -0.384. The highest BCUT2D eigenvalue weighted by Crippen LogP contribution is 2.40. The summed E-state index contributed by atoms with van der Waals surface area (Å²) in [4.78, 5) is 15.2. The van der Waals surface area contributed by atoms with Crippen molar-refractivity contribution in [3.05, 3.63) is 71.8 Å². The number of benzene rings is 3. The number of fused-ring (bicyclic) bond motifs is 2. The molecule has 0 aliphatic carbocycles. The highest BCUT2D eigenvalue weighted by Gasteiger charge is 2.35. The average Bonchev–Trinajstić information content (AvgIpc) is 2.81. The number of methoxy groups -OCH3 is 1. The zero-order chi connectivity index (χ0) is 21.6. The lowest BCUT2D eigenvalue weighted by Crippen LogP contribution is -2.44. The fourth-order valence-electron chi connectivity index (χ4n) is 3.98. The van der Waals surface area contributed by atoms with Crippen molar-refractivity contribution in [3.63, 3.8) is 0 Å². The molecule has 0 aromatic heterocycles. The fourth-order valence-corrected chi connectivity index (χ4v) is 3.98. The molecule has 0 saturated heterocycles. The van der Waals surface area contributed by atoms with Gasteiger partial charge in [-0.1, -0.05) is 42.5 Å². The van der Waals surface area contributed by atoms with Gasteiger partial charge in [0, 0.05) is 31.5 Å². The molecule has 1 N–H and O–H groups in total. The molecule has 0 spiro atoms. The van der Waals surface area contributed by atoms with Crippen LogP contribution < -0.4 is 10.1 Å². The number of hydrogen-bond donors (Lipinski definition) is 1. The second-order valence-electron chi connectivity index (χ2n) is 7.33. The Bertz CT molecular complexity index is 1050. The minimum absolute atomic E-state index is 0.0235. The van der Waals surface area contributed by atoms with E-state index in [1.807, 2.05) is 60.4 Å². The van der Waals surface area contributed by atoms with E-state index < -0.39 is 0 Å². The lowest BCUT2D eigenvalue weighted by molar-refractivity contribution is 0.0605. The number of hydrogen-bond acceptors (Lipinski definition) is 5. The topological polar surface area (TPSA) is 60.0 Å². The number of ether oxygens (including phenoxy) is 3. The van der Waals surface area contributed by atoms with Crippen LogP contribution in [0.5, 0.6) is 5.75 Å². The smallest absolute Gasteiger partial charge is 0.257 e. The number of anilines is 1. The minimum atomic E-state index is -0.384. The molecule has 1 aliphatic heterocycles. The van der Waals surface area contributed by atoms with Crippen LogP contribution in [-0.2, 0) is 9.47 Å². The molecule has 0 radical (unpaired) electrons. The average molecular weight is 421 g/mol. The number of carbonyl (C=O) groups is 1. The molecule has 1 aliphatic rings. The van der Waals surface area contributed by atoms with Gasteiger partial charge in [0.05, 0.1) is 18.8 Å². The third-order valence-electron chi connectivity index (χ3n) is 5.45. The SMILES string of the molecule is CCOCCOc1ccc2ccccc2c1C1Nc2ccccc2C(=O)N1CCOC. The van der Waals surface area contributed by atoms with Crippen LogP contribution in [0, 0.1) is 0 Å². The summed E-state index contributed by atoms with van der Waals surface area (Å²) in [5, 5.41) is 5.71. The van der Waals surface area contributed by atoms with Gasteiger partial charge in [-0.15, -0.1) is 0 Å². The van der Waals surface area contributed by atoms with E-state index in [1.54, 1.807) is 7.11 Å². The van der Waals surface area contributed by atoms with Gasteiger partial charge in [0.2, 0.25) is 0 Å². The molecule has 0 fully saturated rings. The molecule has 4 rings (SSSR count). The fraction of sp³-hybridized carbons (Fsp3) is 0.320. The number of amides is 1. The van der Waals surface area contributed by atoms with Crippen molar-refractivity contribution in [3.8, 4) is 5.75 Å². The van der Waals surface area contributed by atoms with Gasteiger partial charge in [-0.3, -0.25) is 4.79 Å². The third kappa shape index (κ3) is 4.36. The molecule has 6 heteroatoms. The number of carbonyl (C=O) groups excluding carboxylic acids is 1. The Hall–Kier alpha value is -3.09. The van der Waals surface area contributed by atoms with E-state index in [4.69, 9.17) is 14.2 Å². The summed E-state index contributed by atoms with van der Waals surface area (Å²) in [5.74, 6) is 0.718. The van der Waals surface area contributed by atoms with Gasteiger partial charge in [0.1, 0.15) is 18.5 Å². The van der Waals surface area contributed by atoms with Crippen LogP contribution in [0.4, 0.5) is 5.69 Å². The first kappa shape index (κ1) is 21.2. The van der Waals surface area contributed by atoms with Crippen molar-refractivity contribution >= 4 is 22.4 Å². The Kier molecular flexibility index (Phi) is 6.70. The Morgan fingerprint density at radius 3 is 2.61 bits per heavy atom. The van der Waals surface area contributed by atoms with E-state index in [9.17, 15) is 4.79 Å². The second kappa shape index (κ2) is 9.81. The number of rotatable bonds is 9. The summed E-state index contributed by atoms with van der Waals surface area (Å²) >= 11 is 0. The Balaban J connectivity index is 1.81. The Morgan fingerprint density at radius 2 is 1.77 bits per heavy atom. The molecule has 162 valence electrons. The van der Waals surface area contributed by atoms with E-state index >= 15 is 0 Å². The first-order chi connectivity index (χ1) is 15.2. The maximum Gasteiger partial charge on any atom is 0.257 e. The normalized spacial score (nSPS) is 15.6. The Morgan fingerprint density at radius 1 is 0.968 bits per heavy atom. The molecular formula is C25H28N2O4. The highest BCUT2D eigenvalue weighted by atomic mass is 16.5. The van der Waals surface area contributed by atoms with Gasteiger partial charge in [-0.2, -0.15) is 0 Å². The molecule has 31 heavy (non-hydrogen) atoms. The lowest BCUT2D eigenvalue weighted by atomic mass is 9.97. The molecule has 3 aromatic rings. The van der Waals surface area contributed by atoms with E-state index in [2.05, 4.69) is 17.4 Å². The van der Waals surface area contributed by atoms with Crippen molar-refractivity contribution in [2.45, 2.75) is 13.1 Å². The van der Waals surface area contributed by atoms with Crippen LogP contribution in [0.1, 0.15) is 29.0 Å². The summed E-state index contributed by atoms with van der Waals surface area (Å²) in [7, 11) is 1.64. The zero-order valence-corrected chi connectivity index (χ0v) is 18.0. The second-order valence-corrected chi connectivity index (χ2v) is 7.33. The summed E-state index contributed by atoms with van der Waals surface area (Å²) in [6.45, 7) is 4.46. The zero-order valence-electron chi connectivity index (χ0n) is 18.0. The van der Waals surface area contributed by atoms with Crippen LogP contribution in [0.15, 0.2) is 60.7 Å². The van der Waals surface area contributed by atoms with E-state index in [1.165, 1.54) is 0 Å². The van der Waals surface area contributed by atoms with Crippen LogP contribution in [-0.4, -0.2) is 50.9 Å². The largest absolute Gasteiger partial charge is 0.491 e. The Labute approximate surface area is 182 Å². The molecule has 3 aromatic carbocycles. The van der Waals surface area contributed by atoms with Crippen LogP contribution >= 0.6 is 0 Å². The third-order valence-corrected chi connectivity index (χ3v) is 5.45. The molecule has 1 heterocycles. The van der Waals surface area contributed by atoms with E-state index in [-0.39, 0.29) is 12.1 Å². The summed E-state index contributed by atoms with van der Waals surface area (Å²) in [6, 6.07) is 19.8. The lowest BCUT2D eigenvalue weighted by Gasteiger charge is -2.39. The van der Waals surface area contributed by atoms with Crippen molar-refractivity contribution in [1.29, 1.82) is 0 Å². The van der Waals surface area contributed by atoms with Gasteiger partial charge in [-0.25, -0.2) is 0 Å². The predicted octanol–water partition coefficient (Wildman–Crippen LogP) is 4.47. The summed E-state index contributed by atoms with van der Waals surface area (Å²) in [5.41, 5.74) is 2.42. The quantitative estimate of drug-likeness (QED) is 0.518. The molecule has 0 bridgehead atoms. The molecule has 0 saturated carbocycles. The summed E-state index contributed by atoms with van der Waals surface area (Å²) < 4.78 is 16.9. The maximum absolute atomic E-state index is 13.4. The van der Waals surface area contributed by atoms with Crippen LogP contribution in [0.25, 0.3) is 10.8 Å². The highest BCUT2D eigenvalue weighted by molar-refractivity contribution is 6.02. The standard InChI is InChI=1S/C25H28N2O4/c1-3-30-16-17-31-22-13-12-18-8-4-5-9-19(18)23(22)24-26-21-11-7-6-10-20(21)25(28)27(24)14-15-29-2/h4-13,24,26H,3,14-17H2,1-2H3. The molecular weight excluding hydrogens is 392 g/mol. The minimum Gasteiger partial charge on any atom is -0.491 e. The van der Waals surface area contributed by atoms with Crippen LogP contribution in [0.3, 0.4) is 0 Å².